The summed E-state index contributed by atoms with van der Waals surface area (Å²) in [5, 5.41) is 4.61. The van der Waals surface area contributed by atoms with Crippen LogP contribution in [0.1, 0.15) is 23.1 Å². The molecule has 176 valence electrons. The number of aromatic nitrogens is 1. The largest absolute Gasteiger partial charge is 0.494 e. The molecule has 1 fully saturated rings. The normalized spacial score (nSPS) is 14.7. The number of rotatable bonds is 7. The Labute approximate surface area is 210 Å². The Kier molecular flexibility index (Phi) is 6.38. The van der Waals surface area contributed by atoms with Gasteiger partial charge in [-0.3, -0.25) is 9.69 Å². The van der Waals surface area contributed by atoms with Gasteiger partial charge in [-0.15, -0.1) is 0 Å². The van der Waals surface area contributed by atoms with Crippen LogP contribution in [-0.4, -0.2) is 22.2 Å². The van der Waals surface area contributed by atoms with Crippen molar-refractivity contribution < 1.29 is 9.53 Å². The van der Waals surface area contributed by atoms with Crippen LogP contribution in [0.3, 0.4) is 0 Å². The highest BCUT2D eigenvalue weighted by atomic mass is 32.1. The number of amides is 1. The molecule has 1 aliphatic rings. The summed E-state index contributed by atoms with van der Waals surface area (Å²) in [6.45, 7) is 5.53. The second-order valence-electron chi connectivity index (χ2n) is 8.71. The minimum atomic E-state index is -0.147. The number of aryl methyl sites for hydroxylation is 3. The Bertz CT molecular complexity index is 1440. The minimum absolute atomic E-state index is 0.147. The molecule has 35 heavy (non-hydrogen) atoms. The van der Waals surface area contributed by atoms with E-state index in [1.165, 1.54) is 5.56 Å². The number of fused-ring (bicyclic) bond motifs is 1. The lowest BCUT2D eigenvalue weighted by atomic mass is 10.1. The van der Waals surface area contributed by atoms with Crippen molar-refractivity contribution in [2.45, 2.75) is 26.8 Å². The average Bonchev–Trinajstić information content (AvgIpc) is 3.35. The summed E-state index contributed by atoms with van der Waals surface area (Å²) < 4.78 is 8.07. The molecule has 0 bridgehead atoms. The van der Waals surface area contributed by atoms with E-state index in [4.69, 9.17) is 17.0 Å². The summed E-state index contributed by atoms with van der Waals surface area (Å²) in [6.07, 6.45) is 4.86. The summed E-state index contributed by atoms with van der Waals surface area (Å²) in [5.41, 5.74) is 5.65. The van der Waals surface area contributed by atoms with Crippen molar-refractivity contribution in [1.29, 1.82) is 0 Å². The number of benzene rings is 3. The molecule has 0 saturated carbocycles. The SMILES string of the molecule is Cc1ccc(N2C(=O)/C(=C/c3cn(CCCOc4ccccc4)c4ccccc34)NC2=S)cc1C. The summed E-state index contributed by atoms with van der Waals surface area (Å²) >= 11 is 5.52. The van der Waals surface area contributed by atoms with Gasteiger partial charge in [-0.1, -0.05) is 42.5 Å². The molecule has 5 rings (SSSR count). The third-order valence-electron chi connectivity index (χ3n) is 6.30. The number of ether oxygens (including phenoxy) is 1. The van der Waals surface area contributed by atoms with Gasteiger partial charge in [-0.25, -0.2) is 0 Å². The Hall–Kier alpha value is -3.90. The van der Waals surface area contributed by atoms with Crippen LogP contribution in [0.25, 0.3) is 17.0 Å². The van der Waals surface area contributed by atoms with Gasteiger partial charge < -0.3 is 14.6 Å². The number of nitrogens with zero attached hydrogens (tertiary/aromatic N) is 2. The smallest absolute Gasteiger partial charge is 0.281 e. The fourth-order valence-corrected chi connectivity index (χ4v) is 4.60. The molecule has 5 nitrogen and oxygen atoms in total. The molecule has 0 aliphatic carbocycles. The third kappa shape index (κ3) is 4.70. The molecule has 1 aromatic heterocycles. The topological polar surface area (TPSA) is 46.5 Å². The lowest BCUT2D eigenvalue weighted by molar-refractivity contribution is -0.113. The fraction of sp³-hybridized carbons (Fsp3) is 0.172. The number of thiocarbonyl (C=S) groups is 1. The predicted octanol–water partition coefficient (Wildman–Crippen LogP) is 5.99. The van der Waals surface area contributed by atoms with Crippen LogP contribution in [0.15, 0.2) is 84.7 Å². The van der Waals surface area contributed by atoms with Gasteiger partial charge in [0.25, 0.3) is 5.91 Å². The molecule has 1 amide bonds. The van der Waals surface area contributed by atoms with Gasteiger partial charge in [-0.05, 0) is 80.0 Å². The maximum atomic E-state index is 13.3. The van der Waals surface area contributed by atoms with Gasteiger partial charge in [0.2, 0.25) is 0 Å². The number of anilines is 1. The predicted molar refractivity (Wildman–Crippen MR) is 146 cm³/mol. The summed E-state index contributed by atoms with van der Waals surface area (Å²) in [4.78, 5) is 14.9. The highest BCUT2D eigenvalue weighted by Gasteiger charge is 2.32. The molecule has 1 N–H and O–H groups in total. The molecule has 1 saturated heterocycles. The molecule has 0 spiro atoms. The van der Waals surface area contributed by atoms with Crippen molar-refractivity contribution in [1.82, 2.24) is 9.88 Å². The van der Waals surface area contributed by atoms with Crippen LogP contribution in [0.4, 0.5) is 5.69 Å². The first-order chi connectivity index (χ1) is 17.0. The molecule has 0 radical (unpaired) electrons. The highest BCUT2D eigenvalue weighted by Crippen LogP contribution is 2.28. The highest BCUT2D eigenvalue weighted by molar-refractivity contribution is 7.80. The Morgan fingerprint density at radius 3 is 2.54 bits per heavy atom. The molecule has 0 atom stereocenters. The summed E-state index contributed by atoms with van der Waals surface area (Å²) in [7, 11) is 0. The van der Waals surface area contributed by atoms with E-state index in [2.05, 4.69) is 35.1 Å². The van der Waals surface area contributed by atoms with Crippen molar-refractivity contribution in [2.24, 2.45) is 0 Å². The Morgan fingerprint density at radius 2 is 1.74 bits per heavy atom. The average molecular weight is 482 g/mol. The monoisotopic (exact) mass is 481 g/mol. The lowest BCUT2D eigenvalue weighted by Crippen LogP contribution is -2.30. The number of hydrogen-bond donors (Lipinski definition) is 1. The van der Waals surface area contributed by atoms with E-state index >= 15 is 0 Å². The third-order valence-corrected chi connectivity index (χ3v) is 6.59. The minimum Gasteiger partial charge on any atom is -0.494 e. The molecular weight excluding hydrogens is 454 g/mol. The van der Waals surface area contributed by atoms with Crippen molar-refractivity contribution in [3.63, 3.8) is 0 Å². The zero-order valence-electron chi connectivity index (χ0n) is 19.8. The van der Waals surface area contributed by atoms with Gasteiger partial charge in [0.05, 0.1) is 12.3 Å². The molecule has 3 aromatic carbocycles. The van der Waals surface area contributed by atoms with Crippen molar-refractivity contribution in [2.75, 3.05) is 11.5 Å². The van der Waals surface area contributed by atoms with E-state index in [0.29, 0.717) is 17.4 Å². The van der Waals surface area contributed by atoms with Crippen LogP contribution in [0, 0.1) is 13.8 Å². The van der Waals surface area contributed by atoms with Crippen molar-refractivity contribution in [3.05, 3.63) is 101 Å². The van der Waals surface area contributed by atoms with Crippen LogP contribution >= 0.6 is 12.2 Å². The first-order valence-corrected chi connectivity index (χ1v) is 12.1. The molecule has 0 unspecified atom stereocenters. The fourth-order valence-electron chi connectivity index (χ4n) is 4.31. The van der Waals surface area contributed by atoms with E-state index in [9.17, 15) is 4.79 Å². The lowest BCUT2D eigenvalue weighted by Gasteiger charge is -2.15. The number of nitrogens with one attached hydrogen (secondary N) is 1. The quantitative estimate of drug-likeness (QED) is 0.200. The maximum Gasteiger partial charge on any atom is 0.281 e. The Morgan fingerprint density at radius 1 is 0.971 bits per heavy atom. The van der Waals surface area contributed by atoms with Crippen molar-refractivity contribution >= 4 is 45.9 Å². The van der Waals surface area contributed by atoms with E-state index < -0.39 is 0 Å². The van der Waals surface area contributed by atoms with Gasteiger partial charge in [-0.2, -0.15) is 0 Å². The molecule has 6 heteroatoms. The van der Waals surface area contributed by atoms with Crippen LogP contribution in [0.5, 0.6) is 5.75 Å². The maximum absolute atomic E-state index is 13.3. The summed E-state index contributed by atoms with van der Waals surface area (Å²) in [5.74, 6) is 0.733. The second kappa shape index (κ2) is 9.76. The molecule has 4 aromatic rings. The summed E-state index contributed by atoms with van der Waals surface area (Å²) in [6, 6.07) is 24.0. The van der Waals surface area contributed by atoms with Gasteiger partial charge >= 0.3 is 0 Å². The van der Waals surface area contributed by atoms with Crippen LogP contribution in [-0.2, 0) is 11.3 Å². The van der Waals surface area contributed by atoms with E-state index in [0.717, 1.165) is 46.4 Å². The van der Waals surface area contributed by atoms with E-state index in [-0.39, 0.29) is 5.91 Å². The molecular formula is C29H27N3O2S. The second-order valence-corrected chi connectivity index (χ2v) is 9.09. The van der Waals surface area contributed by atoms with E-state index in [1.54, 1.807) is 4.90 Å². The zero-order chi connectivity index (χ0) is 24.4. The first-order valence-electron chi connectivity index (χ1n) is 11.7. The van der Waals surface area contributed by atoms with Gasteiger partial charge in [0.15, 0.2) is 5.11 Å². The number of para-hydroxylation sites is 2. The standard InChI is InChI=1S/C29H27N3O2S/c1-20-13-14-23(17-21(20)2)32-28(33)26(30-29(32)35)18-22-19-31(27-12-7-6-11-25(22)27)15-8-16-34-24-9-4-3-5-10-24/h3-7,9-14,17-19H,8,15-16H2,1-2H3,(H,30,35)/b26-18-. The van der Waals surface area contributed by atoms with Crippen molar-refractivity contribution in [3.8, 4) is 5.75 Å². The van der Waals surface area contributed by atoms with Gasteiger partial charge in [0.1, 0.15) is 11.4 Å². The van der Waals surface area contributed by atoms with Crippen LogP contribution in [0.2, 0.25) is 0 Å². The first kappa shape index (κ1) is 22.9. The molecule has 1 aliphatic heterocycles. The van der Waals surface area contributed by atoms with Gasteiger partial charge in [0, 0.05) is 29.2 Å². The van der Waals surface area contributed by atoms with Crippen LogP contribution < -0.4 is 15.0 Å². The number of hydrogen-bond acceptors (Lipinski definition) is 3. The van der Waals surface area contributed by atoms with E-state index in [1.807, 2.05) is 73.7 Å². The zero-order valence-corrected chi connectivity index (χ0v) is 20.6. The number of carbonyl (C=O) groups is 1. The molecule has 2 heterocycles. The Balaban J connectivity index is 1.37. The number of carbonyl (C=O) groups excluding carboxylic acids is 1.